The molecule has 1 fully saturated rings. The Labute approximate surface area is 162 Å². The monoisotopic (exact) mass is 379 g/mol. The summed E-state index contributed by atoms with van der Waals surface area (Å²) in [5, 5.41) is 8.53. The molecule has 2 heterocycles. The molecule has 1 saturated heterocycles. The van der Waals surface area contributed by atoms with Crippen LogP contribution in [0.15, 0.2) is 34.9 Å². The summed E-state index contributed by atoms with van der Waals surface area (Å²) in [5.41, 5.74) is 4.54. The summed E-state index contributed by atoms with van der Waals surface area (Å²) >= 11 is 0. The molecule has 7 heteroatoms. The van der Waals surface area contributed by atoms with E-state index in [1.165, 1.54) is 0 Å². The first-order valence-electron chi connectivity index (χ1n) is 9.45. The maximum absolute atomic E-state index is 13.4. The minimum atomic E-state index is -0.00950. The number of hydrogen-bond acceptors (Lipinski definition) is 7. The van der Waals surface area contributed by atoms with E-state index >= 15 is 0 Å². The van der Waals surface area contributed by atoms with E-state index in [0.29, 0.717) is 43.3 Å². The van der Waals surface area contributed by atoms with Crippen LogP contribution in [-0.2, 0) is 9.47 Å². The van der Waals surface area contributed by atoms with Crippen LogP contribution in [0.3, 0.4) is 0 Å². The normalized spacial score (nSPS) is 15.8. The Morgan fingerprint density at radius 2 is 2.00 bits per heavy atom. The lowest BCUT2D eigenvalue weighted by atomic mass is 9.86. The molecule has 2 aromatic carbocycles. The molecule has 7 nitrogen and oxygen atoms in total. The van der Waals surface area contributed by atoms with Crippen molar-refractivity contribution in [3.05, 3.63) is 41.5 Å². The third kappa shape index (κ3) is 2.58. The molecule has 144 valence electrons. The second-order valence-corrected chi connectivity index (χ2v) is 6.95. The second-order valence-electron chi connectivity index (χ2n) is 6.95. The summed E-state index contributed by atoms with van der Waals surface area (Å²) in [6.07, 6.45) is 0. The van der Waals surface area contributed by atoms with E-state index in [-0.39, 0.29) is 5.78 Å². The number of carbonyl (C=O) groups excluding carboxylic acids is 1. The first-order chi connectivity index (χ1) is 13.8. The van der Waals surface area contributed by atoms with Crippen LogP contribution in [0.25, 0.3) is 22.2 Å². The Balaban J connectivity index is 1.74. The number of carbonyl (C=O) groups is 1. The third-order valence-electron chi connectivity index (χ3n) is 5.35. The molecule has 2 aliphatic rings. The molecule has 0 saturated carbocycles. The number of nitrogens with one attached hydrogen (secondary N) is 1. The molecule has 1 aliphatic carbocycles. The maximum atomic E-state index is 13.4. The molecular weight excluding hydrogens is 358 g/mol. The highest BCUT2D eigenvalue weighted by Crippen LogP contribution is 2.45. The minimum absolute atomic E-state index is 0.00950. The fourth-order valence-electron chi connectivity index (χ4n) is 4.01. The van der Waals surface area contributed by atoms with Crippen molar-refractivity contribution in [3.8, 4) is 11.3 Å². The van der Waals surface area contributed by atoms with E-state index < -0.39 is 0 Å². The van der Waals surface area contributed by atoms with Gasteiger partial charge in [-0.25, -0.2) is 0 Å². The Hall–Kier alpha value is -2.90. The number of ketones is 1. The molecule has 5 rings (SSSR count). The first kappa shape index (κ1) is 17.2. The van der Waals surface area contributed by atoms with E-state index in [2.05, 4.69) is 15.4 Å². The lowest BCUT2D eigenvalue weighted by molar-refractivity contribution is 0.104. The molecule has 0 radical (unpaired) electrons. The Morgan fingerprint density at radius 3 is 2.79 bits per heavy atom. The van der Waals surface area contributed by atoms with Gasteiger partial charge in [0.05, 0.1) is 36.5 Å². The average molecular weight is 379 g/mol. The topological polar surface area (TPSA) is 76.8 Å². The number of fused-ring (bicyclic) bond motifs is 2. The molecule has 0 unspecified atom stereocenters. The minimum Gasteiger partial charge on any atom is -0.383 e. The quantitative estimate of drug-likeness (QED) is 0.534. The molecule has 0 spiro atoms. The fraction of sp³-hybridized carbons (Fsp3) is 0.333. The number of methoxy groups -OCH3 is 1. The van der Waals surface area contributed by atoms with E-state index in [0.717, 1.165) is 40.9 Å². The van der Waals surface area contributed by atoms with Crippen molar-refractivity contribution >= 4 is 28.1 Å². The van der Waals surface area contributed by atoms with Gasteiger partial charge in [0.15, 0.2) is 11.5 Å². The zero-order chi connectivity index (χ0) is 19.1. The van der Waals surface area contributed by atoms with Crippen LogP contribution in [0, 0.1) is 0 Å². The van der Waals surface area contributed by atoms with Gasteiger partial charge in [0.1, 0.15) is 5.52 Å². The van der Waals surface area contributed by atoms with Crippen LogP contribution in [0.1, 0.15) is 15.9 Å². The molecule has 3 aromatic rings. The van der Waals surface area contributed by atoms with E-state index in [9.17, 15) is 4.79 Å². The molecule has 0 bridgehead atoms. The summed E-state index contributed by atoms with van der Waals surface area (Å²) in [6.45, 7) is 4.04. The number of nitrogens with zero attached hydrogens (tertiary/aromatic N) is 2. The number of aromatic nitrogens is 1. The summed E-state index contributed by atoms with van der Waals surface area (Å²) < 4.78 is 16.4. The van der Waals surface area contributed by atoms with Crippen molar-refractivity contribution in [2.24, 2.45) is 0 Å². The first-order valence-corrected chi connectivity index (χ1v) is 9.45. The summed E-state index contributed by atoms with van der Waals surface area (Å²) in [6, 6.07) is 9.54. The van der Waals surface area contributed by atoms with Gasteiger partial charge >= 0.3 is 0 Å². The van der Waals surface area contributed by atoms with Crippen molar-refractivity contribution < 1.29 is 18.8 Å². The SMILES string of the molecule is COCCNc1cc(N2CCOCC2)c2noc3c2c1C(=O)c1ccccc1-3. The zero-order valence-electron chi connectivity index (χ0n) is 15.7. The maximum Gasteiger partial charge on any atom is 0.196 e. The van der Waals surface area contributed by atoms with Gasteiger partial charge in [0.25, 0.3) is 0 Å². The molecule has 0 atom stereocenters. The molecule has 1 aliphatic heterocycles. The Bertz CT molecular complexity index is 1050. The highest BCUT2D eigenvalue weighted by Gasteiger charge is 2.33. The van der Waals surface area contributed by atoms with Crippen LogP contribution in [0.5, 0.6) is 0 Å². The van der Waals surface area contributed by atoms with Crippen LogP contribution in [-0.4, -0.2) is 57.5 Å². The van der Waals surface area contributed by atoms with Gasteiger partial charge in [-0.3, -0.25) is 4.79 Å². The van der Waals surface area contributed by atoms with Crippen LogP contribution >= 0.6 is 0 Å². The third-order valence-corrected chi connectivity index (χ3v) is 5.35. The number of morpholine rings is 1. The van der Waals surface area contributed by atoms with Crippen molar-refractivity contribution in [1.82, 2.24) is 5.16 Å². The van der Waals surface area contributed by atoms with Crippen LogP contribution in [0.4, 0.5) is 11.4 Å². The predicted octanol–water partition coefficient (Wildman–Crippen LogP) is 2.93. The van der Waals surface area contributed by atoms with Crippen molar-refractivity contribution in [2.75, 3.05) is 56.8 Å². The Kier molecular flexibility index (Phi) is 4.26. The van der Waals surface area contributed by atoms with Gasteiger partial charge in [-0.05, 0) is 6.07 Å². The van der Waals surface area contributed by atoms with Crippen molar-refractivity contribution in [3.63, 3.8) is 0 Å². The van der Waals surface area contributed by atoms with Crippen molar-refractivity contribution in [2.45, 2.75) is 0 Å². The van der Waals surface area contributed by atoms with Gasteiger partial charge in [-0.1, -0.05) is 29.4 Å². The fourth-order valence-corrected chi connectivity index (χ4v) is 4.01. The summed E-state index contributed by atoms with van der Waals surface area (Å²) in [4.78, 5) is 15.6. The van der Waals surface area contributed by atoms with Gasteiger partial charge in [0.2, 0.25) is 0 Å². The predicted molar refractivity (Wildman–Crippen MR) is 106 cm³/mol. The molecule has 1 N–H and O–H groups in total. The molecule has 28 heavy (non-hydrogen) atoms. The van der Waals surface area contributed by atoms with Gasteiger partial charge in [-0.2, -0.15) is 0 Å². The lowest BCUT2D eigenvalue weighted by Crippen LogP contribution is -2.36. The van der Waals surface area contributed by atoms with Crippen molar-refractivity contribution in [1.29, 1.82) is 0 Å². The smallest absolute Gasteiger partial charge is 0.196 e. The van der Waals surface area contributed by atoms with E-state index in [1.54, 1.807) is 7.11 Å². The summed E-state index contributed by atoms with van der Waals surface area (Å²) in [7, 11) is 1.66. The number of hydrogen-bond donors (Lipinski definition) is 1. The van der Waals surface area contributed by atoms with Crippen LogP contribution < -0.4 is 10.2 Å². The highest BCUT2D eigenvalue weighted by atomic mass is 16.5. The number of rotatable bonds is 5. The van der Waals surface area contributed by atoms with Gasteiger partial charge < -0.3 is 24.2 Å². The Morgan fingerprint density at radius 1 is 1.21 bits per heavy atom. The van der Waals surface area contributed by atoms with Gasteiger partial charge in [0, 0.05) is 43.6 Å². The van der Waals surface area contributed by atoms with E-state index in [4.69, 9.17) is 14.0 Å². The zero-order valence-corrected chi connectivity index (χ0v) is 15.7. The number of ether oxygens (including phenoxy) is 2. The molecule has 0 amide bonds. The lowest BCUT2D eigenvalue weighted by Gasteiger charge is -2.30. The van der Waals surface area contributed by atoms with Crippen LogP contribution in [0.2, 0.25) is 0 Å². The largest absolute Gasteiger partial charge is 0.383 e. The highest BCUT2D eigenvalue weighted by molar-refractivity contribution is 6.28. The van der Waals surface area contributed by atoms with E-state index in [1.807, 2.05) is 30.3 Å². The molecule has 1 aromatic heterocycles. The summed E-state index contributed by atoms with van der Waals surface area (Å²) in [5.74, 6) is 0.648. The molecular formula is C21H21N3O4. The standard InChI is InChI=1S/C21H21N3O4/c1-26-9-6-22-15-12-16(24-7-10-27-11-8-24)19-18-17(15)20(25)13-4-2-3-5-14(13)21(18)28-23-19/h2-5,12,22H,6-11H2,1H3. The second kappa shape index (κ2) is 6.92. The van der Waals surface area contributed by atoms with Gasteiger partial charge in [-0.15, -0.1) is 0 Å². The number of anilines is 2. The number of benzene rings is 2. The average Bonchev–Trinajstić information content (AvgIpc) is 3.18.